The Morgan fingerprint density at radius 1 is 0.486 bits per heavy atom. The maximum Gasteiger partial charge on any atom is 0.0551 e. The minimum absolute atomic E-state index is 0.00144. The highest BCUT2D eigenvalue weighted by Gasteiger charge is 2.35. The summed E-state index contributed by atoms with van der Waals surface area (Å²) in [5.74, 6) is 0. The Balaban J connectivity index is 1.37. The smallest absolute Gasteiger partial charge is 0.0551 e. The molecular formula is C34H29N. The first-order valence-corrected chi connectivity index (χ1v) is 12.3. The van der Waals surface area contributed by atoms with E-state index in [9.17, 15) is 0 Å². The summed E-state index contributed by atoms with van der Waals surface area (Å²) in [6.07, 6.45) is 0. The Bertz CT molecular complexity index is 1530. The van der Waals surface area contributed by atoms with E-state index in [0.29, 0.717) is 0 Å². The van der Waals surface area contributed by atoms with Gasteiger partial charge in [-0.25, -0.2) is 0 Å². The molecular weight excluding hydrogens is 422 g/mol. The molecule has 1 heteroatoms. The third-order valence-corrected chi connectivity index (χ3v) is 7.52. The monoisotopic (exact) mass is 451 g/mol. The van der Waals surface area contributed by atoms with Gasteiger partial charge in [0, 0.05) is 5.41 Å². The minimum Gasteiger partial charge on any atom is -0.320 e. The molecule has 35 heavy (non-hydrogen) atoms. The van der Waals surface area contributed by atoms with Gasteiger partial charge in [-0.2, -0.15) is 0 Å². The lowest BCUT2D eigenvalue weighted by Crippen LogP contribution is -2.14. The van der Waals surface area contributed by atoms with E-state index in [1.807, 2.05) is 18.2 Å². The molecule has 1 aliphatic carbocycles. The summed E-state index contributed by atoms with van der Waals surface area (Å²) >= 11 is 0. The molecule has 1 atom stereocenters. The number of rotatable bonds is 4. The van der Waals surface area contributed by atoms with Crippen molar-refractivity contribution in [3.05, 3.63) is 144 Å². The second-order valence-corrected chi connectivity index (χ2v) is 10.0. The number of nitrogens with two attached hydrogens (primary N) is 1. The zero-order chi connectivity index (χ0) is 24.0. The molecule has 0 fully saturated rings. The van der Waals surface area contributed by atoms with Crippen LogP contribution in [0, 0.1) is 0 Å². The largest absolute Gasteiger partial charge is 0.320 e. The van der Waals surface area contributed by atoms with Crippen molar-refractivity contribution in [2.45, 2.75) is 25.3 Å². The molecule has 1 unspecified atom stereocenters. The zero-order valence-electron chi connectivity index (χ0n) is 20.2. The van der Waals surface area contributed by atoms with Crippen molar-refractivity contribution >= 4 is 0 Å². The summed E-state index contributed by atoms with van der Waals surface area (Å²) in [6, 6.07) is 43.3. The molecule has 6 rings (SSSR count). The van der Waals surface area contributed by atoms with Crippen molar-refractivity contribution in [1.29, 1.82) is 0 Å². The maximum absolute atomic E-state index is 6.60. The molecule has 1 aliphatic rings. The lowest BCUT2D eigenvalue weighted by molar-refractivity contribution is 0.660. The second kappa shape index (κ2) is 8.37. The van der Waals surface area contributed by atoms with E-state index >= 15 is 0 Å². The third kappa shape index (κ3) is 3.69. The van der Waals surface area contributed by atoms with Crippen LogP contribution in [0.2, 0.25) is 0 Å². The Labute approximate surface area is 207 Å². The van der Waals surface area contributed by atoms with Crippen LogP contribution in [0.4, 0.5) is 0 Å². The van der Waals surface area contributed by atoms with Crippen molar-refractivity contribution in [2.75, 3.05) is 0 Å². The molecule has 0 amide bonds. The van der Waals surface area contributed by atoms with Gasteiger partial charge >= 0.3 is 0 Å². The molecule has 0 radical (unpaired) electrons. The van der Waals surface area contributed by atoms with Gasteiger partial charge in [0.25, 0.3) is 0 Å². The molecule has 0 aromatic heterocycles. The molecule has 0 bridgehead atoms. The van der Waals surface area contributed by atoms with Crippen LogP contribution in [0.15, 0.2) is 121 Å². The minimum atomic E-state index is -0.139. The van der Waals surface area contributed by atoms with Crippen molar-refractivity contribution in [3.8, 4) is 33.4 Å². The lowest BCUT2D eigenvalue weighted by atomic mass is 9.81. The Hall–Kier alpha value is -3.94. The molecule has 2 N–H and O–H groups in total. The van der Waals surface area contributed by atoms with Gasteiger partial charge in [0.2, 0.25) is 0 Å². The van der Waals surface area contributed by atoms with E-state index in [-0.39, 0.29) is 11.5 Å². The van der Waals surface area contributed by atoms with Crippen molar-refractivity contribution in [1.82, 2.24) is 0 Å². The van der Waals surface area contributed by atoms with Gasteiger partial charge in [-0.1, -0.05) is 117 Å². The fourth-order valence-corrected chi connectivity index (χ4v) is 5.53. The van der Waals surface area contributed by atoms with E-state index in [2.05, 4.69) is 117 Å². The first kappa shape index (κ1) is 21.6. The molecule has 0 saturated heterocycles. The SMILES string of the molecule is CC1(C)c2ccccc2-c2ccc(-c3cccc(-c4cccc(C(N)c5ccccc5)c4)c3)cc21. The summed E-state index contributed by atoms with van der Waals surface area (Å²) < 4.78 is 0. The number of hydrogen-bond acceptors (Lipinski definition) is 1. The fourth-order valence-electron chi connectivity index (χ4n) is 5.53. The zero-order valence-corrected chi connectivity index (χ0v) is 20.2. The Morgan fingerprint density at radius 3 is 1.83 bits per heavy atom. The molecule has 5 aromatic rings. The highest BCUT2D eigenvalue weighted by atomic mass is 14.6. The van der Waals surface area contributed by atoms with Crippen LogP contribution in [0.3, 0.4) is 0 Å². The molecule has 0 aliphatic heterocycles. The van der Waals surface area contributed by atoms with Gasteiger partial charge in [0.1, 0.15) is 0 Å². The van der Waals surface area contributed by atoms with Crippen LogP contribution in [-0.4, -0.2) is 0 Å². The predicted octanol–water partition coefficient (Wildman–Crippen LogP) is 8.38. The maximum atomic E-state index is 6.60. The van der Waals surface area contributed by atoms with Crippen LogP contribution in [0.5, 0.6) is 0 Å². The van der Waals surface area contributed by atoms with E-state index in [0.717, 1.165) is 11.1 Å². The van der Waals surface area contributed by atoms with Crippen LogP contribution >= 0.6 is 0 Å². The first-order valence-electron chi connectivity index (χ1n) is 12.3. The van der Waals surface area contributed by atoms with E-state index in [4.69, 9.17) is 5.73 Å². The van der Waals surface area contributed by atoms with Crippen LogP contribution < -0.4 is 5.73 Å². The Kier molecular flexibility index (Phi) is 5.16. The second-order valence-electron chi connectivity index (χ2n) is 10.0. The highest BCUT2D eigenvalue weighted by molar-refractivity contribution is 5.84. The topological polar surface area (TPSA) is 26.0 Å². The average molecular weight is 452 g/mol. The molecule has 0 saturated carbocycles. The normalized spacial score (nSPS) is 14.3. The number of benzene rings is 5. The summed E-state index contributed by atoms with van der Waals surface area (Å²) in [5.41, 5.74) is 19.2. The van der Waals surface area contributed by atoms with Crippen LogP contribution in [0.1, 0.15) is 42.1 Å². The number of hydrogen-bond donors (Lipinski definition) is 1. The van der Waals surface area contributed by atoms with Crippen molar-refractivity contribution in [2.24, 2.45) is 5.73 Å². The average Bonchev–Trinajstić information content (AvgIpc) is 3.15. The molecule has 170 valence electrons. The Morgan fingerprint density at radius 2 is 1.06 bits per heavy atom. The molecule has 0 spiro atoms. The van der Waals surface area contributed by atoms with Gasteiger partial charge < -0.3 is 5.73 Å². The quantitative estimate of drug-likeness (QED) is 0.292. The van der Waals surface area contributed by atoms with E-state index < -0.39 is 0 Å². The summed E-state index contributed by atoms with van der Waals surface area (Å²) in [6.45, 7) is 4.67. The van der Waals surface area contributed by atoms with Gasteiger partial charge in [0.15, 0.2) is 0 Å². The van der Waals surface area contributed by atoms with E-state index in [1.54, 1.807) is 0 Å². The third-order valence-electron chi connectivity index (χ3n) is 7.52. The van der Waals surface area contributed by atoms with E-state index in [1.165, 1.54) is 44.5 Å². The van der Waals surface area contributed by atoms with Crippen molar-refractivity contribution in [3.63, 3.8) is 0 Å². The standard InChI is InChI=1S/C34H29N/c1-34(2)31-17-7-6-16-29(31)30-19-18-27(22-32(30)34)25-13-8-12-24(20-25)26-14-9-15-28(21-26)33(35)23-10-4-3-5-11-23/h3-22,33H,35H2,1-2H3. The molecule has 0 heterocycles. The van der Waals surface area contributed by atoms with Gasteiger partial charge in [0.05, 0.1) is 6.04 Å². The summed E-state index contributed by atoms with van der Waals surface area (Å²) in [4.78, 5) is 0. The summed E-state index contributed by atoms with van der Waals surface area (Å²) in [7, 11) is 0. The molecule has 1 nitrogen and oxygen atoms in total. The van der Waals surface area contributed by atoms with Crippen LogP contribution in [-0.2, 0) is 5.41 Å². The number of fused-ring (bicyclic) bond motifs is 3. The predicted molar refractivity (Wildman–Crippen MR) is 147 cm³/mol. The van der Waals surface area contributed by atoms with Gasteiger partial charge in [-0.15, -0.1) is 0 Å². The first-order chi connectivity index (χ1) is 17.0. The van der Waals surface area contributed by atoms with Gasteiger partial charge in [-0.3, -0.25) is 0 Å². The fraction of sp³-hybridized carbons (Fsp3) is 0.118. The molecule has 5 aromatic carbocycles. The lowest BCUT2D eigenvalue weighted by Gasteiger charge is -2.22. The highest BCUT2D eigenvalue weighted by Crippen LogP contribution is 2.49. The summed E-state index contributed by atoms with van der Waals surface area (Å²) in [5, 5.41) is 0. The van der Waals surface area contributed by atoms with Gasteiger partial charge in [-0.05, 0) is 73.8 Å². The van der Waals surface area contributed by atoms with Crippen molar-refractivity contribution < 1.29 is 0 Å². The van der Waals surface area contributed by atoms with Crippen LogP contribution in [0.25, 0.3) is 33.4 Å².